The van der Waals surface area contributed by atoms with E-state index in [2.05, 4.69) is 34.9 Å². The highest BCUT2D eigenvalue weighted by molar-refractivity contribution is 7.92. The Labute approximate surface area is 201 Å². The van der Waals surface area contributed by atoms with Gasteiger partial charge in [-0.25, -0.2) is 27.2 Å². The summed E-state index contributed by atoms with van der Waals surface area (Å²) in [5, 5.41) is 17.0. The van der Waals surface area contributed by atoms with E-state index in [0.717, 1.165) is 12.3 Å². The number of imidazole rings is 1. The molecule has 1 aromatic carbocycles. The Morgan fingerprint density at radius 2 is 1.94 bits per heavy atom. The molecule has 5 aromatic rings. The van der Waals surface area contributed by atoms with E-state index in [4.69, 9.17) is 4.74 Å². The lowest BCUT2D eigenvalue weighted by Crippen LogP contribution is -2.16. The molecule has 180 valence electrons. The van der Waals surface area contributed by atoms with Crippen molar-refractivity contribution in [2.75, 3.05) is 11.8 Å². The average molecular weight is 508 g/mol. The van der Waals surface area contributed by atoms with Gasteiger partial charge in [0.1, 0.15) is 28.7 Å². The molecule has 0 unspecified atom stereocenters. The number of benzene rings is 1. The molecular weight excluding hydrogens is 494 g/mol. The third-order valence-corrected chi connectivity index (χ3v) is 6.59. The van der Waals surface area contributed by atoms with Gasteiger partial charge in [0.15, 0.2) is 16.5 Å². The Morgan fingerprint density at radius 3 is 2.67 bits per heavy atom. The Morgan fingerprint density at radius 1 is 1.11 bits per heavy atom. The minimum absolute atomic E-state index is 0.0474. The molecule has 3 N–H and O–H groups in total. The fourth-order valence-corrected chi connectivity index (χ4v) is 4.83. The molecule has 4 heterocycles. The maximum atomic E-state index is 15.5. The third kappa shape index (κ3) is 3.77. The smallest absolute Gasteiger partial charge is 0.267 e. The predicted molar refractivity (Wildman–Crippen MR) is 123 cm³/mol. The van der Waals surface area contributed by atoms with Gasteiger partial charge in [0.25, 0.3) is 10.0 Å². The standard InChI is InChI=1S/C22H14F2N8O3S/c1-35-22-16(8-11(23)10-29-22)36(33,34)32-15-4-5-26-18(14(15)9-25)12-2-3-13-19(17(12)24)30-31-20(13)21-27-6-7-28-21/h2-8,10H,1H3,(H,26,32)(H,27,28)(H,30,31). The van der Waals surface area contributed by atoms with Crippen molar-refractivity contribution in [3.8, 4) is 34.7 Å². The Bertz CT molecular complexity index is 1760. The maximum absolute atomic E-state index is 15.5. The fraction of sp³-hybridized carbons (Fsp3) is 0.0455. The lowest BCUT2D eigenvalue weighted by molar-refractivity contribution is 0.382. The Kier molecular flexibility index (Phi) is 5.53. The zero-order valence-corrected chi connectivity index (χ0v) is 19.1. The molecular formula is C22H14F2N8O3S. The van der Waals surface area contributed by atoms with Crippen LogP contribution >= 0.6 is 0 Å². The van der Waals surface area contributed by atoms with Gasteiger partial charge in [0.2, 0.25) is 5.88 Å². The van der Waals surface area contributed by atoms with E-state index in [1.54, 1.807) is 12.3 Å². The molecule has 0 spiro atoms. The van der Waals surface area contributed by atoms with Gasteiger partial charge < -0.3 is 9.72 Å². The molecule has 0 aliphatic carbocycles. The highest BCUT2D eigenvalue weighted by Gasteiger charge is 2.25. The minimum Gasteiger partial charge on any atom is -0.480 e. The van der Waals surface area contributed by atoms with Crippen molar-refractivity contribution in [2.24, 2.45) is 0 Å². The van der Waals surface area contributed by atoms with Gasteiger partial charge in [-0.05, 0) is 18.2 Å². The van der Waals surface area contributed by atoms with Crippen LogP contribution in [0.15, 0.2) is 53.9 Å². The van der Waals surface area contributed by atoms with E-state index in [1.807, 2.05) is 6.07 Å². The van der Waals surface area contributed by atoms with Crippen molar-refractivity contribution in [1.82, 2.24) is 30.1 Å². The van der Waals surface area contributed by atoms with Gasteiger partial charge >= 0.3 is 0 Å². The molecule has 0 saturated carbocycles. The number of fused-ring (bicyclic) bond motifs is 1. The lowest BCUT2D eigenvalue weighted by atomic mass is 10.0. The number of nitrogens with zero attached hydrogens (tertiary/aromatic N) is 5. The van der Waals surface area contributed by atoms with Crippen LogP contribution in [0.4, 0.5) is 14.5 Å². The summed E-state index contributed by atoms with van der Waals surface area (Å²) in [7, 11) is -3.28. The number of aromatic amines is 2. The van der Waals surface area contributed by atoms with E-state index in [0.29, 0.717) is 16.9 Å². The number of nitrogens with one attached hydrogen (secondary N) is 3. The number of nitriles is 1. The van der Waals surface area contributed by atoms with Crippen LogP contribution in [0.2, 0.25) is 0 Å². The number of rotatable bonds is 6. The van der Waals surface area contributed by atoms with E-state index in [9.17, 15) is 18.1 Å². The SMILES string of the molecule is COc1ncc(F)cc1S(=O)(=O)Nc1ccnc(-c2ccc3c(-c4ncc[nH]4)n[nH]c3c2F)c1C#N. The van der Waals surface area contributed by atoms with Crippen LogP contribution in [0.1, 0.15) is 5.56 Å². The average Bonchev–Trinajstić information content (AvgIpc) is 3.54. The first-order valence-corrected chi connectivity index (χ1v) is 11.6. The second-order valence-electron chi connectivity index (χ2n) is 7.32. The zero-order valence-electron chi connectivity index (χ0n) is 18.2. The van der Waals surface area contributed by atoms with E-state index >= 15 is 4.39 Å². The highest BCUT2D eigenvalue weighted by atomic mass is 32.2. The first-order valence-electron chi connectivity index (χ1n) is 10.1. The Hall–Kier alpha value is -4.90. The zero-order chi connectivity index (χ0) is 25.4. The van der Waals surface area contributed by atoms with Gasteiger partial charge in [-0.15, -0.1) is 0 Å². The van der Waals surface area contributed by atoms with Crippen LogP contribution in [0.3, 0.4) is 0 Å². The summed E-state index contributed by atoms with van der Waals surface area (Å²) < 4.78 is 62.4. The number of anilines is 1. The summed E-state index contributed by atoms with van der Waals surface area (Å²) in [5.74, 6) is -1.57. The predicted octanol–water partition coefficient (Wildman–Crippen LogP) is 3.37. The third-order valence-electron chi connectivity index (χ3n) is 5.23. The van der Waals surface area contributed by atoms with Crippen LogP contribution in [-0.2, 0) is 10.0 Å². The molecule has 0 amide bonds. The van der Waals surface area contributed by atoms with Gasteiger partial charge in [-0.2, -0.15) is 10.4 Å². The summed E-state index contributed by atoms with van der Waals surface area (Å²) in [6.45, 7) is 0. The second-order valence-corrected chi connectivity index (χ2v) is 8.97. The van der Waals surface area contributed by atoms with E-state index < -0.39 is 26.6 Å². The van der Waals surface area contributed by atoms with Crippen LogP contribution in [0.25, 0.3) is 33.7 Å². The number of aromatic nitrogens is 6. The number of halogens is 2. The summed E-state index contributed by atoms with van der Waals surface area (Å²) in [6, 6.07) is 6.80. The molecule has 0 aliphatic heterocycles. The number of hydrogen-bond acceptors (Lipinski definition) is 8. The maximum Gasteiger partial charge on any atom is 0.267 e. The molecule has 36 heavy (non-hydrogen) atoms. The first kappa shape index (κ1) is 22.9. The molecule has 4 aromatic heterocycles. The molecule has 0 radical (unpaired) electrons. The quantitative estimate of drug-likeness (QED) is 0.314. The molecule has 14 heteroatoms. The molecule has 5 rings (SSSR count). The fourth-order valence-electron chi connectivity index (χ4n) is 3.63. The van der Waals surface area contributed by atoms with Crippen molar-refractivity contribution in [1.29, 1.82) is 5.26 Å². The van der Waals surface area contributed by atoms with Crippen molar-refractivity contribution < 1.29 is 21.9 Å². The molecule has 0 aliphatic rings. The number of methoxy groups -OCH3 is 1. The summed E-state index contributed by atoms with van der Waals surface area (Å²) in [6.07, 6.45) is 5.15. The number of H-pyrrole nitrogens is 2. The van der Waals surface area contributed by atoms with E-state index in [1.165, 1.54) is 31.6 Å². The van der Waals surface area contributed by atoms with Crippen LogP contribution in [0.5, 0.6) is 5.88 Å². The first-order chi connectivity index (χ1) is 17.3. The van der Waals surface area contributed by atoms with Crippen molar-refractivity contribution >= 4 is 26.6 Å². The highest BCUT2D eigenvalue weighted by Crippen LogP contribution is 2.35. The van der Waals surface area contributed by atoms with E-state index in [-0.39, 0.29) is 33.9 Å². The van der Waals surface area contributed by atoms with Crippen LogP contribution in [0, 0.1) is 23.0 Å². The molecule has 0 saturated heterocycles. The number of sulfonamides is 1. The Balaban J connectivity index is 1.60. The molecule has 0 atom stereocenters. The van der Waals surface area contributed by atoms with Gasteiger partial charge in [0, 0.05) is 35.6 Å². The summed E-state index contributed by atoms with van der Waals surface area (Å²) in [4.78, 5) is 14.2. The van der Waals surface area contributed by atoms with Crippen molar-refractivity contribution in [3.05, 3.63) is 66.3 Å². The monoisotopic (exact) mass is 508 g/mol. The minimum atomic E-state index is -4.45. The summed E-state index contributed by atoms with van der Waals surface area (Å²) >= 11 is 0. The topological polar surface area (TPSA) is 162 Å². The molecule has 0 bridgehead atoms. The normalized spacial score (nSPS) is 11.4. The second kappa shape index (κ2) is 8.71. The number of ether oxygens (including phenoxy) is 1. The molecule has 11 nitrogen and oxygen atoms in total. The number of pyridine rings is 2. The van der Waals surface area contributed by atoms with Gasteiger partial charge in [0.05, 0.1) is 24.7 Å². The summed E-state index contributed by atoms with van der Waals surface area (Å²) in [5.41, 5.74) is -0.197. The largest absolute Gasteiger partial charge is 0.480 e. The number of hydrogen-bond donors (Lipinski definition) is 3. The molecule has 0 fully saturated rings. The van der Waals surface area contributed by atoms with Crippen LogP contribution in [-0.4, -0.2) is 45.7 Å². The van der Waals surface area contributed by atoms with Crippen molar-refractivity contribution in [2.45, 2.75) is 4.90 Å². The van der Waals surface area contributed by atoms with Gasteiger partial charge in [-0.3, -0.25) is 14.8 Å². The van der Waals surface area contributed by atoms with Gasteiger partial charge in [-0.1, -0.05) is 0 Å². The lowest BCUT2D eigenvalue weighted by Gasteiger charge is -2.13. The van der Waals surface area contributed by atoms with Crippen molar-refractivity contribution in [3.63, 3.8) is 0 Å². The van der Waals surface area contributed by atoms with Crippen LogP contribution < -0.4 is 9.46 Å².